The van der Waals surface area contributed by atoms with Gasteiger partial charge in [0.2, 0.25) is 0 Å². The highest BCUT2D eigenvalue weighted by atomic mass is 32.2. The number of hydrogen-bond donors (Lipinski definition) is 0. The highest BCUT2D eigenvalue weighted by Gasteiger charge is 2.08. The van der Waals surface area contributed by atoms with Gasteiger partial charge >= 0.3 is 5.97 Å². The second-order valence-electron chi connectivity index (χ2n) is 4.56. The summed E-state index contributed by atoms with van der Waals surface area (Å²) in [7, 11) is 3.05. The molecule has 0 bridgehead atoms. The molecule has 6 heteroatoms. The number of benzene rings is 1. The summed E-state index contributed by atoms with van der Waals surface area (Å²) >= 11 is 1.46. The Morgan fingerprint density at radius 2 is 2.14 bits per heavy atom. The summed E-state index contributed by atoms with van der Waals surface area (Å²) in [6.45, 7) is 1.79. The van der Waals surface area contributed by atoms with E-state index in [1.54, 1.807) is 26.1 Å². The van der Waals surface area contributed by atoms with Crippen LogP contribution < -0.4 is 5.56 Å². The Morgan fingerprint density at radius 1 is 1.38 bits per heavy atom. The number of rotatable bonds is 4. The summed E-state index contributed by atoms with van der Waals surface area (Å²) in [5.41, 5.74) is 2.11. The summed E-state index contributed by atoms with van der Waals surface area (Å²) in [4.78, 5) is 27.6. The van der Waals surface area contributed by atoms with Gasteiger partial charge in [-0.3, -0.25) is 9.36 Å². The summed E-state index contributed by atoms with van der Waals surface area (Å²) in [5, 5.41) is 0.656. The molecule has 0 saturated heterocycles. The standard InChI is InChI=1S/C15H16N2O3S/c1-10-7-13(18)17(2)15(16-10)21-9-11-5-4-6-12(8-11)14(19)20-3/h4-8H,9H2,1-3H3. The Morgan fingerprint density at radius 3 is 2.86 bits per heavy atom. The fourth-order valence-corrected chi connectivity index (χ4v) is 2.78. The molecule has 0 amide bonds. The molecule has 21 heavy (non-hydrogen) atoms. The number of aromatic nitrogens is 2. The molecule has 0 N–H and O–H groups in total. The Labute approximate surface area is 127 Å². The zero-order valence-electron chi connectivity index (χ0n) is 12.1. The zero-order chi connectivity index (χ0) is 15.4. The van der Waals surface area contributed by atoms with Crippen molar-refractivity contribution in [1.29, 1.82) is 0 Å². The molecule has 0 spiro atoms. The van der Waals surface area contributed by atoms with Crippen LogP contribution in [0.5, 0.6) is 0 Å². The summed E-state index contributed by atoms with van der Waals surface area (Å²) in [6, 6.07) is 8.73. The van der Waals surface area contributed by atoms with Gasteiger partial charge in [0.05, 0.1) is 12.7 Å². The van der Waals surface area contributed by atoms with Crippen molar-refractivity contribution in [1.82, 2.24) is 9.55 Å². The van der Waals surface area contributed by atoms with Crippen molar-refractivity contribution in [2.75, 3.05) is 7.11 Å². The smallest absolute Gasteiger partial charge is 0.337 e. The van der Waals surface area contributed by atoms with E-state index in [4.69, 9.17) is 4.74 Å². The number of hydrogen-bond acceptors (Lipinski definition) is 5. The first-order valence-corrected chi connectivity index (χ1v) is 7.34. The topological polar surface area (TPSA) is 61.2 Å². The number of esters is 1. The van der Waals surface area contributed by atoms with Crippen molar-refractivity contribution >= 4 is 17.7 Å². The maximum atomic E-state index is 11.7. The lowest BCUT2D eigenvalue weighted by atomic mass is 10.1. The predicted octanol–water partition coefficient (Wildman–Crippen LogP) is 2.17. The monoisotopic (exact) mass is 304 g/mol. The zero-order valence-corrected chi connectivity index (χ0v) is 12.9. The molecule has 110 valence electrons. The lowest BCUT2D eigenvalue weighted by Gasteiger charge is -2.08. The van der Waals surface area contributed by atoms with Gasteiger partial charge in [-0.25, -0.2) is 9.78 Å². The van der Waals surface area contributed by atoms with Crippen LogP contribution in [0.4, 0.5) is 0 Å². The van der Waals surface area contributed by atoms with Crippen molar-refractivity contribution in [2.45, 2.75) is 17.8 Å². The van der Waals surface area contributed by atoms with Gasteiger partial charge in [0, 0.05) is 24.6 Å². The molecule has 0 aliphatic heterocycles. The molecule has 0 unspecified atom stereocenters. The Balaban J connectivity index is 2.17. The largest absolute Gasteiger partial charge is 0.465 e. The van der Waals surface area contributed by atoms with Gasteiger partial charge in [-0.15, -0.1) is 0 Å². The van der Waals surface area contributed by atoms with Gasteiger partial charge in [0.15, 0.2) is 5.16 Å². The Kier molecular flexibility index (Phi) is 4.80. The number of aryl methyl sites for hydroxylation is 1. The predicted molar refractivity (Wildman–Crippen MR) is 81.6 cm³/mol. The number of carbonyl (C=O) groups is 1. The third-order valence-electron chi connectivity index (χ3n) is 2.94. The molecule has 1 heterocycles. The molecular formula is C15H16N2O3S. The average molecular weight is 304 g/mol. The summed E-state index contributed by atoms with van der Waals surface area (Å²) < 4.78 is 6.22. The quantitative estimate of drug-likeness (QED) is 0.492. The Hall–Kier alpha value is -2.08. The lowest BCUT2D eigenvalue weighted by Crippen LogP contribution is -2.19. The molecular weight excluding hydrogens is 288 g/mol. The van der Waals surface area contributed by atoms with Gasteiger partial charge in [0.1, 0.15) is 0 Å². The van der Waals surface area contributed by atoms with Crippen molar-refractivity contribution < 1.29 is 9.53 Å². The van der Waals surface area contributed by atoms with E-state index in [2.05, 4.69) is 4.98 Å². The van der Waals surface area contributed by atoms with E-state index in [-0.39, 0.29) is 11.5 Å². The van der Waals surface area contributed by atoms with Crippen molar-refractivity contribution in [2.24, 2.45) is 7.05 Å². The molecule has 5 nitrogen and oxygen atoms in total. The summed E-state index contributed by atoms with van der Waals surface area (Å²) in [6.07, 6.45) is 0. The normalized spacial score (nSPS) is 10.4. The van der Waals surface area contributed by atoms with E-state index in [0.717, 1.165) is 5.56 Å². The van der Waals surface area contributed by atoms with Gasteiger partial charge in [-0.1, -0.05) is 23.9 Å². The average Bonchev–Trinajstić information content (AvgIpc) is 2.49. The molecule has 1 aromatic carbocycles. The minimum absolute atomic E-state index is 0.0756. The van der Waals surface area contributed by atoms with E-state index in [9.17, 15) is 9.59 Å². The van der Waals surface area contributed by atoms with Gasteiger partial charge in [0.25, 0.3) is 5.56 Å². The van der Waals surface area contributed by atoms with Gasteiger partial charge in [-0.05, 0) is 24.6 Å². The minimum Gasteiger partial charge on any atom is -0.465 e. The second kappa shape index (κ2) is 6.58. The van der Waals surface area contributed by atoms with E-state index in [0.29, 0.717) is 22.2 Å². The number of nitrogens with zero attached hydrogens (tertiary/aromatic N) is 2. The van der Waals surface area contributed by atoms with Crippen LogP contribution in [-0.4, -0.2) is 22.6 Å². The molecule has 0 atom stereocenters. The molecule has 0 aliphatic carbocycles. The van der Waals surface area contributed by atoms with Crippen LogP contribution in [0.1, 0.15) is 21.6 Å². The van der Waals surface area contributed by atoms with Crippen molar-refractivity contribution in [3.05, 3.63) is 57.5 Å². The third-order valence-corrected chi connectivity index (χ3v) is 4.04. The number of thioether (sulfide) groups is 1. The van der Waals surface area contributed by atoms with Crippen LogP contribution in [0, 0.1) is 6.92 Å². The molecule has 2 aromatic rings. The Bertz CT molecular complexity index is 725. The lowest BCUT2D eigenvalue weighted by molar-refractivity contribution is 0.0600. The van der Waals surface area contributed by atoms with Crippen molar-refractivity contribution in [3.63, 3.8) is 0 Å². The van der Waals surface area contributed by atoms with Gasteiger partial charge in [-0.2, -0.15) is 0 Å². The van der Waals surface area contributed by atoms with Gasteiger partial charge < -0.3 is 4.74 Å². The number of ether oxygens (including phenoxy) is 1. The maximum absolute atomic E-state index is 11.7. The van der Waals surface area contributed by atoms with Crippen LogP contribution >= 0.6 is 11.8 Å². The highest BCUT2D eigenvalue weighted by Crippen LogP contribution is 2.20. The second-order valence-corrected chi connectivity index (χ2v) is 5.50. The van der Waals surface area contributed by atoms with Crippen molar-refractivity contribution in [3.8, 4) is 0 Å². The first kappa shape index (κ1) is 15.3. The van der Waals surface area contributed by atoms with Crippen LogP contribution in [0.15, 0.2) is 40.3 Å². The maximum Gasteiger partial charge on any atom is 0.337 e. The highest BCUT2D eigenvalue weighted by molar-refractivity contribution is 7.98. The molecule has 0 aliphatic rings. The fraction of sp³-hybridized carbons (Fsp3) is 0.267. The van der Waals surface area contributed by atoms with E-state index in [1.807, 2.05) is 12.1 Å². The minimum atomic E-state index is -0.358. The van der Waals surface area contributed by atoms with Crippen LogP contribution in [0.25, 0.3) is 0 Å². The third kappa shape index (κ3) is 3.72. The van der Waals surface area contributed by atoms with Crippen LogP contribution in [-0.2, 0) is 17.5 Å². The van der Waals surface area contributed by atoms with E-state index < -0.39 is 0 Å². The fourth-order valence-electron chi connectivity index (χ4n) is 1.81. The number of carbonyl (C=O) groups excluding carboxylic acids is 1. The first-order valence-electron chi connectivity index (χ1n) is 6.36. The molecule has 2 rings (SSSR count). The molecule has 0 saturated carbocycles. The van der Waals surface area contributed by atoms with Crippen LogP contribution in [0.2, 0.25) is 0 Å². The van der Waals surface area contributed by atoms with E-state index >= 15 is 0 Å². The molecule has 0 radical (unpaired) electrons. The number of methoxy groups -OCH3 is 1. The summed E-state index contributed by atoms with van der Waals surface area (Å²) in [5.74, 6) is 0.261. The van der Waals surface area contributed by atoms with Crippen LogP contribution in [0.3, 0.4) is 0 Å². The molecule has 0 fully saturated rings. The van der Waals surface area contributed by atoms with E-state index in [1.165, 1.54) is 29.5 Å². The SMILES string of the molecule is COC(=O)c1cccc(CSc2nc(C)cc(=O)n2C)c1. The molecule has 1 aromatic heterocycles. The first-order chi connectivity index (χ1) is 10.0.